The predicted molar refractivity (Wildman–Crippen MR) is 71.0 cm³/mol. The molecular formula is C15H17N3O. The zero-order valence-corrected chi connectivity index (χ0v) is 10.8. The van der Waals surface area contributed by atoms with E-state index < -0.39 is 0 Å². The van der Waals surface area contributed by atoms with Crippen LogP contribution in [0.3, 0.4) is 0 Å². The standard InChI is InChI=1S/C15H17N3O/c1-2-11-10(7-8(1)16-11)15-17-12-3-4-13-9(5-6-19-13)14(12)18-15/h5-6,8,10-11,16H,1-4,7H2,(H,17,18). The van der Waals surface area contributed by atoms with E-state index in [1.54, 1.807) is 6.26 Å². The van der Waals surface area contributed by atoms with Gasteiger partial charge in [0.2, 0.25) is 0 Å². The molecule has 0 spiro atoms. The summed E-state index contributed by atoms with van der Waals surface area (Å²) in [6.45, 7) is 0. The molecule has 2 aromatic heterocycles. The molecule has 98 valence electrons. The Kier molecular flexibility index (Phi) is 1.90. The summed E-state index contributed by atoms with van der Waals surface area (Å²) in [7, 11) is 0. The van der Waals surface area contributed by atoms with Crippen molar-refractivity contribution >= 4 is 0 Å². The molecule has 5 rings (SSSR count). The first-order valence-electron chi connectivity index (χ1n) is 7.30. The van der Waals surface area contributed by atoms with Crippen LogP contribution < -0.4 is 5.32 Å². The van der Waals surface area contributed by atoms with Gasteiger partial charge in [-0.05, 0) is 31.7 Å². The van der Waals surface area contributed by atoms with E-state index in [0.29, 0.717) is 12.0 Å². The minimum Gasteiger partial charge on any atom is -0.469 e. The predicted octanol–water partition coefficient (Wildman–Crippen LogP) is 2.38. The molecule has 0 amide bonds. The van der Waals surface area contributed by atoms with Gasteiger partial charge in [-0.15, -0.1) is 0 Å². The highest BCUT2D eigenvalue weighted by molar-refractivity contribution is 5.66. The quantitative estimate of drug-likeness (QED) is 0.822. The van der Waals surface area contributed by atoms with Crippen molar-refractivity contribution in [1.29, 1.82) is 0 Å². The van der Waals surface area contributed by atoms with Crippen LogP contribution in [0, 0.1) is 0 Å². The molecule has 4 heteroatoms. The number of nitrogens with zero attached hydrogens (tertiary/aromatic N) is 1. The van der Waals surface area contributed by atoms with Gasteiger partial charge in [-0.25, -0.2) is 4.98 Å². The molecule has 2 saturated heterocycles. The maximum absolute atomic E-state index is 5.53. The van der Waals surface area contributed by atoms with Gasteiger partial charge in [0.05, 0.1) is 12.0 Å². The Balaban J connectivity index is 1.57. The Morgan fingerprint density at radius 3 is 3.11 bits per heavy atom. The number of fused-ring (bicyclic) bond motifs is 5. The number of aromatic amines is 1. The van der Waals surface area contributed by atoms with E-state index in [-0.39, 0.29) is 0 Å². The third kappa shape index (κ3) is 1.35. The van der Waals surface area contributed by atoms with Gasteiger partial charge >= 0.3 is 0 Å². The summed E-state index contributed by atoms with van der Waals surface area (Å²) >= 11 is 0. The van der Waals surface area contributed by atoms with E-state index in [1.165, 1.54) is 36.3 Å². The number of H-pyrrole nitrogens is 1. The summed E-state index contributed by atoms with van der Waals surface area (Å²) in [6, 6.07) is 3.42. The Bertz CT molecular complexity index is 642. The molecule has 3 aliphatic rings. The fraction of sp³-hybridized carbons (Fsp3) is 0.533. The summed E-state index contributed by atoms with van der Waals surface area (Å²) in [5, 5.41) is 3.69. The summed E-state index contributed by atoms with van der Waals surface area (Å²) in [5.74, 6) is 2.87. The number of hydrogen-bond donors (Lipinski definition) is 2. The second-order valence-corrected chi connectivity index (χ2v) is 6.10. The lowest BCUT2D eigenvalue weighted by Crippen LogP contribution is -2.22. The van der Waals surface area contributed by atoms with Crippen molar-refractivity contribution in [2.45, 2.75) is 50.1 Å². The first kappa shape index (κ1) is 10.3. The van der Waals surface area contributed by atoms with Crippen molar-refractivity contribution in [2.75, 3.05) is 0 Å². The fourth-order valence-corrected chi connectivity index (χ4v) is 4.12. The minimum atomic E-state index is 0.583. The SMILES string of the molecule is c1cc2c(o1)CCc1[nH]c(C3CC4CCC3N4)nc1-2. The van der Waals surface area contributed by atoms with Crippen molar-refractivity contribution < 1.29 is 4.42 Å². The monoisotopic (exact) mass is 255 g/mol. The van der Waals surface area contributed by atoms with Crippen LogP contribution in [0.1, 0.15) is 42.5 Å². The molecule has 0 aromatic carbocycles. The van der Waals surface area contributed by atoms with E-state index in [9.17, 15) is 0 Å². The number of furan rings is 1. The van der Waals surface area contributed by atoms with Crippen molar-refractivity contribution in [1.82, 2.24) is 15.3 Å². The zero-order chi connectivity index (χ0) is 12.4. The summed E-state index contributed by atoms with van der Waals surface area (Å²) in [5.41, 5.74) is 3.62. The average Bonchev–Trinajstić information content (AvgIpc) is 3.19. The summed E-state index contributed by atoms with van der Waals surface area (Å²) < 4.78 is 5.53. The van der Waals surface area contributed by atoms with Crippen molar-refractivity contribution in [3.05, 3.63) is 29.6 Å². The van der Waals surface area contributed by atoms with Gasteiger partial charge in [0, 0.05) is 35.7 Å². The molecule has 3 unspecified atom stereocenters. The van der Waals surface area contributed by atoms with Crippen LogP contribution in [0.4, 0.5) is 0 Å². The maximum Gasteiger partial charge on any atom is 0.113 e. The Labute approximate surface area is 111 Å². The molecule has 0 saturated carbocycles. The molecule has 0 radical (unpaired) electrons. The van der Waals surface area contributed by atoms with Crippen LogP contribution in [-0.2, 0) is 12.8 Å². The van der Waals surface area contributed by atoms with E-state index in [2.05, 4.69) is 16.4 Å². The van der Waals surface area contributed by atoms with Crippen molar-refractivity contribution in [2.24, 2.45) is 0 Å². The van der Waals surface area contributed by atoms with E-state index in [0.717, 1.165) is 30.3 Å². The number of rotatable bonds is 1. The Morgan fingerprint density at radius 1 is 1.26 bits per heavy atom. The Hall–Kier alpha value is -1.55. The van der Waals surface area contributed by atoms with Crippen LogP contribution in [0.25, 0.3) is 11.3 Å². The molecule has 4 heterocycles. The van der Waals surface area contributed by atoms with Crippen molar-refractivity contribution in [3.63, 3.8) is 0 Å². The van der Waals surface area contributed by atoms with Gasteiger partial charge in [0.15, 0.2) is 0 Å². The third-order valence-corrected chi connectivity index (χ3v) is 5.05. The van der Waals surface area contributed by atoms with Crippen LogP contribution >= 0.6 is 0 Å². The fourth-order valence-electron chi connectivity index (χ4n) is 4.12. The summed E-state index contributed by atoms with van der Waals surface area (Å²) in [4.78, 5) is 8.51. The highest BCUT2D eigenvalue weighted by Gasteiger charge is 2.41. The topological polar surface area (TPSA) is 53.9 Å². The van der Waals surface area contributed by atoms with Crippen LogP contribution in [0.5, 0.6) is 0 Å². The molecule has 1 aliphatic carbocycles. The average molecular weight is 255 g/mol. The molecule has 2 aromatic rings. The van der Waals surface area contributed by atoms with E-state index in [1.807, 2.05) is 0 Å². The third-order valence-electron chi connectivity index (χ3n) is 5.05. The molecule has 2 N–H and O–H groups in total. The van der Waals surface area contributed by atoms with Gasteiger partial charge < -0.3 is 14.7 Å². The van der Waals surface area contributed by atoms with Crippen LogP contribution in [0.2, 0.25) is 0 Å². The maximum atomic E-state index is 5.53. The molecule has 2 fully saturated rings. The first-order chi connectivity index (χ1) is 9.38. The lowest BCUT2D eigenvalue weighted by Gasteiger charge is -2.17. The highest BCUT2D eigenvalue weighted by atomic mass is 16.3. The smallest absolute Gasteiger partial charge is 0.113 e. The summed E-state index contributed by atoms with van der Waals surface area (Å²) in [6.07, 6.45) is 7.69. The molecule has 2 aliphatic heterocycles. The number of aromatic nitrogens is 2. The normalized spacial score (nSPS) is 31.5. The van der Waals surface area contributed by atoms with Crippen LogP contribution in [-0.4, -0.2) is 22.1 Å². The largest absolute Gasteiger partial charge is 0.469 e. The van der Waals surface area contributed by atoms with Crippen LogP contribution in [0.15, 0.2) is 16.7 Å². The van der Waals surface area contributed by atoms with E-state index in [4.69, 9.17) is 9.40 Å². The lowest BCUT2D eigenvalue weighted by atomic mass is 9.89. The lowest BCUT2D eigenvalue weighted by molar-refractivity contribution is 0.489. The number of imidazole rings is 1. The minimum absolute atomic E-state index is 0.583. The van der Waals surface area contributed by atoms with Gasteiger partial charge in [0.1, 0.15) is 11.6 Å². The number of nitrogens with one attached hydrogen (secondary N) is 2. The molecule has 2 bridgehead atoms. The second-order valence-electron chi connectivity index (χ2n) is 6.10. The number of hydrogen-bond acceptors (Lipinski definition) is 3. The highest BCUT2D eigenvalue weighted by Crippen LogP contribution is 2.41. The molecule has 3 atom stereocenters. The molecular weight excluding hydrogens is 238 g/mol. The second kappa shape index (κ2) is 3.51. The van der Waals surface area contributed by atoms with Crippen molar-refractivity contribution in [3.8, 4) is 11.3 Å². The molecule has 19 heavy (non-hydrogen) atoms. The van der Waals surface area contributed by atoms with Gasteiger partial charge in [-0.2, -0.15) is 0 Å². The zero-order valence-electron chi connectivity index (χ0n) is 10.8. The van der Waals surface area contributed by atoms with Gasteiger partial charge in [0.25, 0.3) is 0 Å². The van der Waals surface area contributed by atoms with Gasteiger partial charge in [-0.3, -0.25) is 0 Å². The number of aryl methyl sites for hydroxylation is 2. The Morgan fingerprint density at radius 2 is 2.26 bits per heavy atom. The molecule has 4 nitrogen and oxygen atoms in total. The van der Waals surface area contributed by atoms with E-state index >= 15 is 0 Å². The van der Waals surface area contributed by atoms with Gasteiger partial charge in [-0.1, -0.05) is 0 Å². The first-order valence-corrected chi connectivity index (χ1v) is 7.30.